The van der Waals surface area contributed by atoms with Crippen LogP contribution in [0.2, 0.25) is 0 Å². The van der Waals surface area contributed by atoms with Gasteiger partial charge >= 0.3 is 0 Å². The number of hydrogen-bond acceptors (Lipinski definition) is 5. The molecule has 0 fully saturated rings. The quantitative estimate of drug-likeness (QED) is 0.942. The van der Waals surface area contributed by atoms with E-state index in [2.05, 4.69) is 16.0 Å². The van der Waals surface area contributed by atoms with Crippen LogP contribution in [0.1, 0.15) is 35.1 Å². The first-order valence-electron chi connectivity index (χ1n) is 7.19. The number of nitrogens with zero attached hydrogens (tertiary/aromatic N) is 2. The van der Waals surface area contributed by atoms with Crippen molar-refractivity contribution in [3.63, 3.8) is 0 Å². The van der Waals surface area contributed by atoms with Gasteiger partial charge in [-0.15, -0.1) is 11.3 Å². The first kappa shape index (κ1) is 14.4. The highest BCUT2D eigenvalue weighted by Gasteiger charge is 2.24. The molecule has 0 aliphatic heterocycles. The van der Waals surface area contributed by atoms with E-state index in [0.29, 0.717) is 0 Å². The van der Waals surface area contributed by atoms with E-state index in [1.807, 2.05) is 25.2 Å². The minimum atomic E-state index is -0.390. The third kappa shape index (κ3) is 2.89. The van der Waals surface area contributed by atoms with Crippen molar-refractivity contribution in [3.8, 4) is 5.75 Å². The van der Waals surface area contributed by atoms with Gasteiger partial charge in [0.2, 0.25) is 0 Å². The third-order valence-electron chi connectivity index (χ3n) is 3.84. The van der Waals surface area contributed by atoms with Crippen molar-refractivity contribution < 1.29 is 9.84 Å². The topological polar surface area (TPSA) is 45.6 Å². The number of methoxy groups -OCH3 is 1. The Kier molecular flexibility index (Phi) is 4.12. The fourth-order valence-electron chi connectivity index (χ4n) is 2.70. The first-order valence-corrected chi connectivity index (χ1v) is 8.01. The molecule has 1 heterocycles. The number of para-hydroxylation sites is 1. The van der Waals surface area contributed by atoms with Crippen LogP contribution >= 0.6 is 11.3 Å². The van der Waals surface area contributed by atoms with Crippen LogP contribution in [0.3, 0.4) is 0 Å². The summed E-state index contributed by atoms with van der Waals surface area (Å²) < 4.78 is 5.40. The van der Waals surface area contributed by atoms with E-state index in [1.54, 1.807) is 18.4 Å². The summed E-state index contributed by atoms with van der Waals surface area (Å²) in [6.45, 7) is 0.743. The van der Waals surface area contributed by atoms with E-state index in [4.69, 9.17) is 4.74 Å². The summed E-state index contributed by atoms with van der Waals surface area (Å²) in [5.41, 5.74) is 2.02. The maximum absolute atomic E-state index is 10.0. The summed E-state index contributed by atoms with van der Waals surface area (Å²) in [4.78, 5) is 7.99. The molecule has 1 aromatic heterocycles. The van der Waals surface area contributed by atoms with Crippen molar-refractivity contribution >= 4 is 16.5 Å². The van der Waals surface area contributed by atoms with Crippen LogP contribution < -0.4 is 9.64 Å². The molecule has 112 valence electrons. The highest BCUT2D eigenvalue weighted by Crippen LogP contribution is 2.36. The second kappa shape index (κ2) is 6.03. The van der Waals surface area contributed by atoms with Crippen LogP contribution in [0.4, 0.5) is 5.13 Å². The zero-order valence-electron chi connectivity index (χ0n) is 12.4. The molecule has 0 bridgehead atoms. The van der Waals surface area contributed by atoms with E-state index in [1.165, 1.54) is 4.88 Å². The van der Waals surface area contributed by atoms with E-state index in [0.717, 1.165) is 47.9 Å². The van der Waals surface area contributed by atoms with Crippen molar-refractivity contribution in [2.24, 2.45) is 0 Å². The maximum atomic E-state index is 10.0. The SMILES string of the molecule is COc1ccccc1CN(C)c1nc2c(s1)CCCC2O. The normalized spacial score (nSPS) is 17.4. The zero-order valence-corrected chi connectivity index (χ0v) is 13.2. The summed E-state index contributed by atoms with van der Waals surface area (Å²) in [6.07, 6.45) is 2.52. The molecule has 0 amide bonds. The Labute approximate surface area is 129 Å². The second-order valence-corrected chi connectivity index (χ2v) is 6.44. The number of anilines is 1. The minimum Gasteiger partial charge on any atom is -0.496 e. The molecule has 21 heavy (non-hydrogen) atoms. The Balaban J connectivity index is 1.81. The maximum Gasteiger partial charge on any atom is 0.185 e. The van der Waals surface area contributed by atoms with Gasteiger partial charge in [0.1, 0.15) is 5.75 Å². The fraction of sp³-hybridized carbons (Fsp3) is 0.438. The standard InChI is InChI=1S/C16H20N2O2S/c1-18(10-11-6-3-4-8-13(11)20-2)16-17-15-12(19)7-5-9-14(15)21-16/h3-4,6,8,12,19H,5,7,9-10H2,1-2H3. The van der Waals surface area contributed by atoms with Gasteiger partial charge in [-0.1, -0.05) is 18.2 Å². The molecular weight excluding hydrogens is 284 g/mol. The molecule has 1 unspecified atom stereocenters. The highest BCUT2D eigenvalue weighted by molar-refractivity contribution is 7.15. The number of aromatic nitrogens is 1. The Morgan fingerprint density at radius 3 is 3.00 bits per heavy atom. The number of aliphatic hydroxyl groups is 1. The summed E-state index contributed by atoms with van der Waals surface area (Å²) in [7, 11) is 3.72. The average molecular weight is 304 g/mol. The molecule has 1 aliphatic rings. The molecule has 0 saturated carbocycles. The van der Waals surface area contributed by atoms with Gasteiger partial charge in [0.05, 0.1) is 18.9 Å². The summed E-state index contributed by atoms with van der Waals surface area (Å²) >= 11 is 1.69. The first-order chi connectivity index (χ1) is 10.2. The van der Waals surface area contributed by atoms with Crippen molar-refractivity contribution in [1.82, 2.24) is 4.98 Å². The Morgan fingerprint density at radius 2 is 2.24 bits per heavy atom. The smallest absolute Gasteiger partial charge is 0.185 e. The van der Waals surface area contributed by atoms with Crippen molar-refractivity contribution in [2.45, 2.75) is 31.9 Å². The van der Waals surface area contributed by atoms with E-state index in [-0.39, 0.29) is 0 Å². The molecule has 1 aliphatic carbocycles. The molecule has 0 saturated heterocycles. The molecule has 4 nitrogen and oxygen atoms in total. The summed E-state index contributed by atoms with van der Waals surface area (Å²) in [6, 6.07) is 8.03. The molecule has 0 spiro atoms. The number of ether oxygens (including phenoxy) is 1. The van der Waals surface area contributed by atoms with E-state index in [9.17, 15) is 5.11 Å². The lowest BCUT2D eigenvalue weighted by Gasteiger charge is -2.17. The number of fused-ring (bicyclic) bond motifs is 1. The number of aryl methyl sites for hydroxylation is 1. The number of aliphatic hydroxyl groups excluding tert-OH is 1. The van der Waals surface area contributed by atoms with Gasteiger partial charge < -0.3 is 14.7 Å². The Morgan fingerprint density at radius 1 is 1.43 bits per heavy atom. The number of hydrogen-bond donors (Lipinski definition) is 1. The predicted molar refractivity (Wildman–Crippen MR) is 85.1 cm³/mol. The van der Waals surface area contributed by atoms with Crippen LogP contribution in [0, 0.1) is 0 Å². The van der Waals surface area contributed by atoms with E-state index >= 15 is 0 Å². The van der Waals surface area contributed by atoms with Gasteiger partial charge in [0, 0.05) is 24.0 Å². The zero-order chi connectivity index (χ0) is 14.8. The molecule has 1 atom stereocenters. The average Bonchev–Trinajstić information content (AvgIpc) is 2.93. The van der Waals surface area contributed by atoms with Crippen LogP contribution in [-0.2, 0) is 13.0 Å². The van der Waals surface area contributed by atoms with E-state index < -0.39 is 6.10 Å². The Hall–Kier alpha value is -1.59. The largest absolute Gasteiger partial charge is 0.496 e. The molecule has 3 rings (SSSR count). The molecule has 1 N–H and O–H groups in total. The highest BCUT2D eigenvalue weighted by atomic mass is 32.1. The predicted octanol–water partition coefficient (Wildman–Crippen LogP) is 3.16. The third-order valence-corrected chi connectivity index (χ3v) is 5.09. The van der Waals surface area contributed by atoms with Gasteiger partial charge in [-0.05, 0) is 25.3 Å². The number of benzene rings is 1. The fourth-order valence-corrected chi connectivity index (χ4v) is 3.82. The lowest BCUT2D eigenvalue weighted by Crippen LogP contribution is -2.17. The molecule has 0 radical (unpaired) electrons. The molecule has 5 heteroatoms. The van der Waals surface area contributed by atoms with Crippen LogP contribution in [-0.4, -0.2) is 24.2 Å². The van der Waals surface area contributed by atoms with Crippen molar-refractivity contribution in [3.05, 3.63) is 40.4 Å². The van der Waals surface area contributed by atoms with Crippen LogP contribution in [0.5, 0.6) is 5.75 Å². The van der Waals surface area contributed by atoms with Crippen molar-refractivity contribution in [2.75, 3.05) is 19.1 Å². The van der Waals surface area contributed by atoms with Crippen LogP contribution in [0.15, 0.2) is 24.3 Å². The van der Waals surface area contributed by atoms with Crippen molar-refractivity contribution in [1.29, 1.82) is 0 Å². The van der Waals surface area contributed by atoms with Gasteiger partial charge in [0.15, 0.2) is 5.13 Å². The number of thiazole rings is 1. The second-order valence-electron chi connectivity index (χ2n) is 5.38. The summed E-state index contributed by atoms with van der Waals surface area (Å²) in [5, 5.41) is 11.0. The Bertz CT molecular complexity index is 626. The molecule has 1 aromatic carbocycles. The van der Waals surface area contributed by atoms with Crippen LogP contribution in [0.25, 0.3) is 0 Å². The van der Waals surface area contributed by atoms with Gasteiger partial charge in [-0.25, -0.2) is 4.98 Å². The van der Waals surface area contributed by atoms with Gasteiger partial charge in [-0.3, -0.25) is 0 Å². The summed E-state index contributed by atoms with van der Waals surface area (Å²) in [5.74, 6) is 0.894. The lowest BCUT2D eigenvalue weighted by atomic mass is 10.0. The molecular formula is C16H20N2O2S. The molecule has 2 aromatic rings. The lowest BCUT2D eigenvalue weighted by molar-refractivity contribution is 0.153. The monoisotopic (exact) mass is 304 g/mol. The minimum absolute atomic E-state index is 0.390. The number of rotatable bonds is 4. The van der Waals surface area contributed by atoms with Gasteiger partial charge in [-0.2, -0.15) is 0 Å². The van der Waals surface area contributed by atoms with Gasteiger partial charge in [0.25, 0.3) is 0 Å².